The van der Waals surface area contributed by atoms with E-state index in [1.165, 1.54) is 0 Å². The molecule has 1 aromatic rings. The van der Waals surface area contributed by atoms with Gasteiger partial charge in [-0.1, -0.05) is 12.1 Å². The second kappa shape index (κ2) is 4.98. The van der Waals surface area contributed by atoms with Crippen molar-refractivity contribution < 1.29 is 5.11 Å². The van der Waals surface area contributed by atoms with Crippen LogP contribution in [0.3, 0.4) is 0 Å². The molecule has 0 radical (unpaired) electrons. The van der Waals surface area contributed by atoms with E-state index >= 15 is 0 Å². The lowest BCUT2D eigenvalue weighted by atomic mass is 10.1. The average molecular weight is 189 g/mol. The summed E-state index contributed by atoms with van der Waals surface area (Å²) in [6, 6.07) is 6.62. The molecule has 0 fully saturated rings. The number of halogens is 1. The van der Waals surface area contributed by atoms with Gasteiger partial charge in [-0.15, -0.1) is 12.4 Å². The van der Waals surface area contributed by atoms with E-state index in [4.69, 9.17) is 16.6 Å². The van der Waals surface area contributed by atoms with Crippen LogP contribution in [0.1, 0.15) is 11.6 Å². The van der Waals surface area contributed by atoms with Crippen LogP contribution in [-0.2, 0) is 0 Å². The molecule has 1 rings (SSSR count). The minimum atomic E-state index is -0.129. The Morgan fingerprint density at radius 1 is 1.25 bits per heavy atom. The summed E-state index contributed by atoms with van der Waals surface area (Å²) in [6.45, 7) is 0.421. The summed E-state index contributed by atoms with van der Waals surface area (Å²) in [5.41, 5.74) is 11.9. The van der Waals surface area contributed by atoms with Gasteiger partial charge >= 0.3 is 0 Å². The van der Waals surface area contributed by atoms with Gasteiger partial charge in [0, 0.05) is 12.6 Å². The predicted octanol–water partition coefficient (Wildman–Crippen LogP) is 0.772. The molecule has 0 aliphatic rings. The lowest BCUT2D eigenvalue weighted by Crippen LogP contribution is -2.20. The SMILES string of the molecule is Cl.NC[C@@H](N)c1ccc(O)cc1. The van der Waals surface area contributed by atoms with Gasteiger partial charge in [-0.25, -0.2) is 0 Å². The second-order valence-corrected chi connectivity index (χ2v) is 2.43. The molecule has 0 spiro atoms. The van der Waals surface area contributed by atoms with Crippen LogP contribution in [0.15, 0.2) is 24.3 Å². The Hall–Kier alpha value is -0.770. The largest absolute Gasteiger partial charge is 0.508 e. The Labute approximate surface area is 77.8 Å². The number of hydrogen-bond donors (Lipinski definition) is 3. The molecular weight excluding hydrogens is 176 g/mol. The van der Waals surface area contributed by atoms with Crippen molar-refractivity contribution in [3.8, 4) is 5.75 Å². The molecule has 0 aliphatic carbocycles. The first-order valence-electron chi connectivity index (χ1n) is 3.48. The van der Waals surface area contributed by atoms with Crippen LogP contribution < -0.4 is 11.5 Å². The summed E-state index contributed by atoms with van der Waals surface area (Å²) in [4.78, 5) is 0. The number of hydrogen-bond acceptors (Lipinski definition) is 3. The summed E-state index contributed by atoms with van der Waals surface area (Å²) in [7, 11) is 0. The van der Waals surface area contributed by atoms with Crippen molar-refractivity contribution in [3.63, 3.8) is 0 Å². The van der Waals surface area contributed by atoms with Crippen LogP contribution in [0.5, 0.6) is 5.75 Å². The molecule has 1 atom stereocenters. The van der Waals surface area contributed by atoms with Gasteiger partial charge < -0.3 is 16.6 Å². The van der Waals surface area contributed by atoms with Crippen LogP contribution in [0.25, 0.3) is 0 Å². The van der Waals surface area contributed by atoms with E-state index in [1.54, 1.807) is 24.3 Å². The molecule has 12 heavy (non-hydrogen) atoms. The fourth-order valence-electron chi connectivity index (χ4n) is 0.858. The maximum Gasteiger partial charge on any atom is 0.115 e. The summed E-state index contributed by atoms with van der Waals surface area (Å²) in [6.07, 6.45) is 0. The molecule has 0 saturated heterocycles. The average Bonchev–Trinajstić information content (AvgIpc) is 2.05. The Kier molecular flexibility index (Phi) is 4.66. The number of phenolic OH excluding ortho intramolecular Hbond substituents is 1. The standard InChI is InChI=1S/C8H12N2O.ClH/c9-5-8(10)6-1-3-7(11)4-2-6;/h1-4,8,11H,5,9-10H2;1H/t8-;/m1./s1. The van der Waals surface area contributed by atoms with Crippen LogP contribution in [0, 0.1) is 0 Å². The highest BCUT2D eigenvalue weighted by Gasteiger charge is 2.01. The molecule has 68 valence electrons. The van der Waals surface area contributed by atoms with Gasteiger partial charge in [-0.3, -0.25) is 0 Å². The van der Waals surface area contributed by atoms with E-state index in [2.05, 4.69) is 0 Å². The topological polar surface area (TPSA) is 72.3 Å². The third-order valence-corrected chi connectivity index (χ3v) is 1.58. The van der Waals surface area contributed by atoms with Crippen molar-refractivity contribution in [3.05, 3.63) is 29.8 Å². The van der Waals surface area contributed by atoms with Crippen molar-refractivity contribution in [2.24, 2.45) is 11.5 Å². The predicted molar refractivity (Wildman–Crippen MR) is 51.3 cm³/mol. The zero-order valence-corrected chi connectivity index (χ0v) is 7.42. The van der Waals surface area contributed by atoms with E-state index < -0.39 is 0 Å². The minimum absolute atomic E-state index is 0. The quantitative estimate of drug-likeness (QED) is 0.642. The Morgan fingerprint density at radius 2 is 1.75 bits per heavy atom. The molecule has 0 saturated carbocycles. The van der Waals surface area contributed by atoms with Crippen molar-refractivity contribution in [2.75, 3.05) is 6.54 Å². The maximum atomic E-state index is 8.94. The highest BCUT2D eigenvalue weighted by Crippen LogP contribution is 2.13. The molecule has 0 aliphatic heterocycles. The number of nitrogens with two attached hydrogens (primary N) is 2. The highest BCUT2D eigenvalue weighted by atomic mass is 35.5. The fraction of sp³-hybridized carbons (Fsp3) is 0.250. The maximum absolute atomic E-state index is 8.94. The lowest BCUT2D eigenvalue weighted by Gasteiger charge is -2.07. The molecular formula is C8H13ClN2O. The van der Waals surface area contributed by atoms with E-state index in [9.17, 15) is 0 Å². The molecule has 0 heterocycles. The zero-order chi connectivity index (χ0) is 8.27. The first-order chi connectivity index (χ1) is 5.24. The molecule has 0 amide bonds. The third-order valence-electron chi connectivity index (χ3n) is 1.58. The van der Waals surface area contributed by atoms with Crippen LogP contribution >= 0.6 is 12.4 Å². The summed E-state index contributed by atoms with van der Waals surface area (Å²) >= 11 is 0. The molecule has 3 nitrogen and oxygen atoms in total. The van der Waals surface area contributed by atoms with Crippen LogP contribution in [-0.4, -0.2) is 11.7 Å². The second-order valence-electron chi connectivity index (χ2n) is 2.43. The highest BCUT2D eigenvalue weighted by molar-refractivity contribution is 5.85. The number of benzene rings is 1. The van der Waals surface area contributed by atoms with Crippen molar-refractivity contribution >= 4 is 12.4 Å². The summed E-state index contributed by atoms with van der Waals surface area (Å²) < 4.78 is 0. The molecule has 0 aromatic heterocycles. The van der Waals surface area contributed by atoms with Crippen molar-refractivity contribution in [1.82, 2.24) is 0 Å². The van der Waals surface area contributed by atoms with Gasteiger partial charge in [0.1, 0.15) is 5.75 Å². The van der Waals surface area contributed by atoms with E-state index in [0.29, 0.717) is 6.54 Å². The summed E-state index contributed by atoms with van der Waals surface area (Å²) in [5, 5.41) is 8.94. The van der Waals surface area contributed by atoms with Gasteiger partial charge in [0.05, 0.1) is 0 Å². The Bertz CT molecular complexity index is 225. The molecule has 1 aromatic carbocycles. The van der Waals surface area contributed by atoms with Crippen LogP contribution in [0.4, 0.5) is 0 Å². The Morgan fingerprint density at radius 3 is 2.17 bits per heavy atom. The van der Waals surface area contributed by atoms with Gasteiger partial charge in [-0.05, 0) is 17.7 Å². The first kappa shape index (κ1) is 11.2. The van der Waals surface area contributed by atoms with Crippen molar-refractivity contribution in [2.45, 2.75) is 6.04 Å². The normalized spacial score (nSPS) is 11.8. The van der Waals surface area contributed by atoms with Gasteiger partial charge in [0.25, 0.3) is 0 Å². The lowest BCUT2D eigenvalue weighted by molar-refractivity contribution is 0.475. The first-order valence-corrected chi connectivity index (χ1v) is 3.48. The van der Waals surface area contributed by atoms with E-state index in [0.717, 1.165) is 5.56 Å². The number of aromatic hydroxyl groups is 1. The van der Waals surface area contributed by atoms with Crippen LogP contribution in [0.2, 0.25) is 0 Å². The van der Waals surface area contributed by atoms with E-state index in [1.807, 2.05) is 0 Å². The molecule has 0 bridgehead atoms. The van der Waals surface area contributed by atoms with E-state index in [-0.39, 0.29) is 24.2 Å². The molecule has 4 heteroatoms. The molecule has 0 unspecified atom stereocenters. The van der Waals surface area contributed by atoms with Gasteiger partial charge in [0.15, 0.2) is 0 Å². The molecule has 5 N–H and O–H groups in total. The summed E-state index contributed by atoms with van der Waals surface area (Å²) in [5.74, 6) is 0.248. The van der Waals surface area contributed by atoms with Gasteiger partial charge in [0.2, 0.25) is 0 Å². The van der Waals surface area contributed by atoms with Crippen molar-refractivity contribution in [1.29, 1.82) is 0 Å². The Balaban J connectivity index is 0.00000121. The zero-order valence-electron chi connectivity index (χ0n) is 6.60. The minimum Gasteiger partial charge on any atom is -0.508 e. The monoisotopic (exact) mass is 188 g/mol. The smallest absolute Gasteiger partial charge is 0.115 e. The number of phenols is 1. The number of rotatable bonds is 2. The third kappa shape index (κ3) is 2.70. The van der Waals surface area contributed by atoms with Gasteiger partial charge in [-0.2, -0.15) is 0 Å². The fourth-order valence-corrected chi connectivity index (χ4v) is 0.858.